The van der Waals surface area contributed by atoms with Crippen molar-refractivity contribution in [3.8, 4) is 0 Å². The van der Waals surface area contributed by atoms with Gasteiger partial charge in [-0.15, -0.1) is 0 Å². The van der Waals surface area contributed by atoms with Crippen molar-refractivity contribution in [1.82, 2.24) is 0 Å². The molecule has 1 aliphatic heterocycles. The Balaban J connectivity index is 3.17. The van der Waals surface area contributed by atoms with Crippen LogP contribution in [0.1, 0.15) is 20.8 Å². The van der Waals surface area contributed by atoms with Crippen molar-refractivity contribution in [2.24, 2.45) is 0 Å². The van der Waals surface area contributed by atoms with Gasteiger partial charge in [-0.25, -0.2) is 4.39 Å². The third kappa shape index (κ3) is 7.28. The molecule has 27 heavy (non-hydrogen) atoms. The molecular formula is C14H17Cl3FNO8. The van der Waals surface area contributed by atoms with Gasteiger partial charge in [0.05, 0.1) is 0 Å². The second-order valence-corrected chi connectivity index (χ2v) is 7.66. The van der Waals surface area contributed by atoms with Crippen molar-refractivity contribution in [1.29, 1.82) is 5.41 Å². The van der Waals surface area contributed by atoms with Gasteiger partial charge >= 0.3 is 17.9 Å². The summed E-state index contributed by atoms with van der Waals surface area (Å²) in [7, 11) is 0. The molecule has 0 aromatic carbocycles. The van der Waals surface area contributed by atoms with Gasteiger partial charge in [-0.3, -0.25) is 19.8 Å². The standard InChI is InChI=1S/C14H17Cl3FNO8/c1-5(20)23-4-8-9(18)10(24-6(2)21)11(25-7(3)22)12(26-8)27-13(19)14(15,16)17/h8-12,19H,4H2,1-3H3/t8?,9-,10?,11?,12+/m0/s1. The number of esters is 3. The van der Waals surface area contributed by atoms with Gasteiger partial charge in [-0.05, 0) is 0 Å². The van der Waals surface area contributed by atoms with Crippen molar-refractivity contribution < 1.29 is 42.5 Å². The summed E-state index contributed by atoms with van der Waals surface area (Å²) in [6.07, 6.45) is -8.52. The quantitative estimate of drug-likeness (QED) is 0.220. The number of halogens is 4. The van der Waals surface area contributed by atoms with Gasteiger partial charge in [-0.1, -0.05) is 34.8 Å². The zero-order valence-corrected chi connectivity index (χ0v) is 16.6. The summed E-state index contributed by atoms with van der Waals surface area (Å²) in [6.45, 7) is 2.55. The number of hydrogen-bond donors (Lipinski definition) is 1. The third-order valence-electron chi connectivity index (χ3n) is 3.12. The van der Waals surface area contributed by atoms with Crippen LogP contribution in [0.5, 0.6) is 0 Å². The van der Waals surface area contributed by atoms with Gasteiger partial charge in [-0.2, -0.15) is 0 Å². The van der Waals surface area contributed by atoms with E-state index in [9.17, 15) is 18.8 Å². The zero-order valence-electron chi connectivity index (χ0n) is 14.4. The average molecular weight is 453 g/mol. The molecule has 0 radical (unpaired) electrons. The number of carbonyl (C=O) groups excluding carboxylic acids is 3. The first-order valence-corrected chi connectivity index (χ1v) is 8.56. The van der Waals surface area contributed by atoms with E-state index < -0.39 is 65.0 Å². The highest BCUT2D eigenvalue weighted by Gasteiger charge is 2.53. The summed E-state index contributed by atoms with van der Waals surface area (Å²) in [5.74, 6) is -3.40. The molecule has 13 heteroatoms. The van der Waals surface area contributed by atoms with E-state index in [1.54, 1.807) is 0 Å². The van der Waals surface area contributed by atoms with Crippen LogP contribution in [-0.2, 0) is 38.1 Å². The van der Waals surface area contributed by atoms with Crippen molar-refractivity contribution in [2.75, 3.05) is 6.61 Å². The maximum atomic E-state index is 14.8. The van der Waals surface area contributed by atoms with Crippen molar-refractivity contribution in [3.05, 3.63) is 0 Å². The molecule has 1 fully saturated rings. The Bertz CT molecular complexity index is 599. The molecule has 5 atom stereocenters. The average Bonchev–Trinajstić information content (AvgIpc) is 2.50. The van der Waals surface area contributed by atoms with E-state index in [-0.39, 0.29) is 0 Å². The van der Waals surface area contributed by atoms with Gasteiger partial charge in [0.25, 0.3) is 3.79 Å². The molecular weight excluding hydrogens is 436 g/mol. The summed E-state index contributed by atoms with van der Waals surface area (Å²) >= 11 is 16.6. The topological polar surface area (TPSA) is 121 Å². The number of alkyl halides is 4. The first kappa shape index (κ1) is 23.7. The smallest absolute Gasteiger partial charge is 0.303 e. The molecule has 3 unspecified atom stereocenters. The third-order valence-corrected chi connectivity index (χ3v) is 3.63. The van der Waals surface area contributed by atoms with E-state index in [2.05, 4.69) is 0 Å². The van der Waals surface area contributed by atoms with E-state index in [0.29, 0.717) is 0 Å². The number of hydrogen-bond acceptors (Lipinski definition) is 9. The number of nitrogens with one attached hydrogen (secondary N) is 1. The highest BCUT2D eigenvalue weighted by atomic mass is 35.6. The van der Waals surface area contributed by atoms with E-state index in [0.717, 1.165) is 20.8 Å². The van der Waals surface area contributed by atoms with Gasteiger partial charge < -0.3 is 23.7 Å². The lowest BCUT2D eigenvalue weighted by atomic mass is 10.00. The molecule has 0 aliphatic carbocycles. The van der Waals surface area contributed by atoms with Crippen LogP contribution < -0.4 is 0 Å². The summed E-state index contributed by atoms with van der Waals surface area (Å²) in [5, 5.41) is 7.62. The van der Waals surface area contributed by atoms with Crippen molar-refractivity contribution >= 4 is 58.6 Å². The fourth-order valence-corrected chi connectivity index (χ4v) is 2.25. The minimum absolute atomic E-state index is 0.567. The van der Waals surface area contributed by atoms with Crippen molar-refractivity contribution in [3.63, 3.8) is 0 Å². The van der Waals surface area contributed by atoms with E-state index >= 15 is 0 Å². The van der Waals surface area contributed by atoms with Gasteiger partial charge in [0.2, 0.25) is 18.3 Å². The Morgan fingerprint density at radius 3 is 1.96 bits per heavy atom. The second-order valence-electron chi connectivity index (χ2n) is 5.38. The summed E-state index contributed by atoms with van der Waals surface area (Å²) in [4.78, 5) is 33.7. The molecule has 1 saturated heterocycles. The zero-order chi connectivity index (χ0) is 20.9. The maximum Gasteiger partial charge on any atom is 0.303 e. The number of rotatable bonds is 5. The second kappa shape index (κ2) is 9.72. The fraction of sp³-hybridized carbons (Fsp3) is 0.714. The first-order chi connectivity index (χ1) is 12.3. The Hall–Kier alpha value is -1.36. The normalized spacial score (nSPS) is 28.0. The van der Waals surface area contributed by atoms with Crippen LogP contribution in [0.25, 0.3) is 0 Å². The van der Waals surface area contributed by atoms with E-state index in [1.165, 1.54) is 0 Å². The minimum Gasteiger partial charge on any atom is -0.463 e. The first-order valence-electron chi connectivity index (χ1n) is 7.42. The molecule has 0 spiro atoms. The molecule has 1 N–H and O–H groups in total. The van der Waals surface area contributed by atoms with Crippen LogP contribution in [0.15, 0.2) is 0 Å². The molecule has 1 heterocycles. The highest BCUT2D eigenvalue weighted by molar-refractivity contribution is 6.76. The number of ether oxygens (including phenoxy) is 5. The Kier molecular flexibility index (Phi) is 8.52. The Morgan fingerprint density at radius 2 is 1.52 bits per heavy atom. The fourth-order valence-electron chi connectivity index (χ4n) is 2.12. The SMILES string of the molecule is CC(=O)OCC1O[C@H](OC(=N)C(Cl)(Cl)Cl)C(OC(C)=O)C(OC(C)=O)[C@H]1F. The summed E-state index contributed by atoms with van der Waals surface area (Å²) < 4.78 is 37.4. The lowest BCUT2D eigenvalue weighted by Crippen LogP contribution is -2.61. The molecule has 1 rings (SSSR count). The molecule has 0 aromatic rings. The van der Waals surface area contributed by atoms with Crippen LogP contribution >= 0.6 is 34.8 Å². The molecule has 0 saturated carbocycles. The lowest BCUT2D eigenvalue weighted by Gasteiger charge is -2.41. The Labute approximate surface area is 168 Å². The van der Waals surface area contributed by atoms with Gasteiger partial charge in [0.1, 0.15) is 12.7 Å². The minimum atomic E-state index is -2.29. The largest absolute Gasteiger partial charge is 0.463 e. The van der Waals surface area contributed by atoms with Crippen LogP contribution in [0, 0.1) is 5.41 Å². The predicted octanol–water partition coefficient (Wildman–Crippen LogP) is 1.84. The molecule has 1 aliphatic rings. The summed E-state index contributed by atoms with van der Waals surface area (Å²) in [5.41, 5.74) is 0. The Morgan fingerprint density at radius 1 is 1.00 bits per heavy atom. The predicted molar refractivity (Wildman–Crippen MR) is 90.4 cm³/mol. The molecule has 0 bridgehead atoms. The van der Waals surface area contributed by atoms with Crippen LogP contribution in [0.4, 0.5) is 4.39 Å². The lowest BCUT2D eigenvalue weighted by molar-refractivity contribution is -0.279. The molecule has 154 valence electrons. The van der Waals surface area contributed by atoms with Gasteiger partial charge in [0, 0.05) is 20.8 Å². The highest BCUT2D eigenvalue weighted by Crippen LogP contribution is 2.33. The summed E-state index contributed by atoms with van der Waals surface area (Å²) in [6, 6.07) is 0. The van der Waals surface area contributed by atoms with E-state index in [4.69, 9.17) is 63.9 Å². The molecule has 0 aromatic heterocycles. The van der Waals surface area contributed by atoms with Gasteiger partial charge in [0.15, 0.2) is 12.3 Å². The van der Waals surface area contributed by atoms with Crippen LogP contribution in [0.3, 0.4) is 0 Å². The van der Waals surface area contributed by atoms with E-state index in [1.807, 2.05) is 0 Å². The maximum absolute atomic E-state index is 14.8. The molecule has 0 amide bonds. The van der Waals surface area contributed by atoms with Crippen molar-refractivity contribution in [2.45, 2.75) is 55.3 Å². The number of carbonyl (C=O) groups is 3. The van der Waals surface area contributed by atoms with Crippen LogP contribution in [-0.4, -0.2) is 65.0 Å². The monoisotopic (exact) mass is 451 g/mol. The van der Waals surface area contributed by atoms with Crippen LogP contribution in [0.2, 0.25) is 0 Å². The molecule has 9 nitrogen and oxygen atoms in total.